The van der Waals surface area contributed by atoms with Gasteiger partial charge in [-0.2, -0.15) is 4.68 Å². The van der Waals surface area contributed by atoms with Gasteiger partial charge >= 0.3 is 0 Å². The molecule has 0 unspecified atom stereocenters. The Morgan fingerprint density at radius 3 is 2.76 bits per heavy atom. The van der Waals surface area contributed by atoms with Gasteiger partial charge in [-0.1, -0.05) is 11.2 Å². The van der Waals surface area contributed by atoms with Gasteiger partial charge in [0.15, 0.2) is 5.82 Å². The van der Waals surface area contributed by atoms with Crippen LogP contribution in [0.4, 0.5) is 0 Å². The molecule has 2 aromatic heterocycles. The van der Waals surface area contributed by atoms with Crippen molar-refractivity contribution >= 4 is 5.84 Å². The van der Waals surface area contributed by atoms with Crippen molar-refractivity contribution in [2.75, 3.05) is 7.11 Å². The van der Waals surface area contributed by atoms with E-state index in [1.54, 1.807) is 6.92 Å². The Bertz CT molecular complexity index is 547. The van der Waals surface area contributed by atoms with Crippen LogP contribution in [0.5, 0.6) is 0 Å². The van der Waals surface area contributed by atoms with Crippen molar-refractivity contribution in [1.29, 1.82) is 0 Å². The maximum atomic E-state index is 4.81. The topological polar surface area (TPSA) is 78.1 Å². The molecule has 0 bridgehead atoms. The normalized spacial score (nSPS) is 11.6. The summed E-state index contributed by atoms with van der Waals surface area (Å²) in [6.45, 7) is 3.68. The summed E-state index contributed by atoms with van der Waals surface area (Å²) in [4.78, 5) is 9.17. The molecule has 0 atom stereocenters. The molecule has 0 N–H and O–H groups in total. The van der Waals surface area contributed by atoms with Gasteiger partial charge in [0.25, 0.3) is 0 Å². The standard InChI is InChI=1S/C10H12N6O/c1-7-5-4-6-9(11-7)10(13-17-3)16-8(2)12-14-15-16/h4-6H,1-3H3. The summed E-state index contributed by atoms with van der Waals surface area (Å²) in [5, 5.41) is 15.1. The summed E-state index contributed by atoms with van der Waals surface area (Å²) in [6, 6.07) is 5.62. The number of hydrogen-bond acceptors (Lipinski definition) is 6. The van der Waals surface area contributed by atoms with Crippen molar-refractivity contribution in [3.63, 3.8) is 0 Å². The zero-order valence-electron chi connectivity index (χ0n) is 9.82. The van der Waals surface area contributed by atoms with Crippen molar-refractivity contribution in [2.24, 2.45) is 5.16 Å². The summed E-state index contributed by atoms with van der Waals surface area (Å²) in [5.41, 5.74) is 1.54. The first-order valence-electron chi connectivity index (χ1n) is 5.03. The molecule has 0 radical (unpaired) electrons. The van der Waals surface area contributed by atoms with E-state index >= 15 is 0 Å². The van der Waals surface area contributed by atoms with Gasteiger partial charge in [-0.15, -0.1) is 5.10 Å². The van der Waals surface area contributed by atoms with Crippen LogP contribution >= 0.6 is 0 Å². The molecular formula is C10H12N6O. The molecule has 2 rings (SSSR count). The molecule has 0 amide bonds. The number of tetrazole rings is 1. The molecule has 17 heavy (non-hydrogen) atoms. The SMILES string of the molecule is CON=C(c1cccc(C)n1)n1nnnc1C. The third-order valence-corrected chi connectivity index (χ3v) is 2.12. The van der Waals surface area contributed by atoms with E-state index in [4.69, 9.17) is 4.84 Å². The summed E-state index contributed by atoms with van der Waals surface area (Å²) in [5.74, 6) is 1.07. The van der Waals surface area contributed by atoms with Crippen LogP contribution in [0.3, 0.4) is 0 Å². The minimum absolute atomic E-state index is 0.457. The first kappa shape index (κ1) is 11.2. The van der Waals surface area contributed by atoms with E-state index in [0.717, 1.165) is 5.69 Å². The number of oxime groups is 1. The lowest BCUT2D eigenvalue weighted by atomic mass is 10.3. The second kappa shape index (κ2) is 4.69. The van der Waals surface area contributed by atoms with E-state index in [-0.39, 0.29) is 0 Å². The van der Waals surface area contributed by atoms with Crippen molar-refractivity contribution in [3.8, 4) is 0 Å². The Labute approximate surface area is 98.1 Å². The second-order valence-electron chi connectivity index (χ2n) is 3.40. The molecule has 0 spiro atoms. The van der Waals surface area contributed by atoms with E-state index in [1.165, 1.54) is 11.8 Å². The van der Waals surface area contributed by atoms with Gasteiger partial charge in [0.1, 0.15) is 12.8 Å². The maximum Gasteiger partial charge on any atom is 0.221 e. The minimum atomic E-state index is 0.457. The first-order valence-corrected chi connectivity index (χ1v) is 5.03. The highest BCUT2D eigenvalue weighted by atomic mass is 16.6. The minimum Gasteiger partial charge on any atom is -0.397 e. The number of hydrogen-bond donors (Lipinski definition) is 0. The average Bonchev–Trinajstić information content (AvgIpc) is 2.72. The number of nitrogens with zero attached hydrogens (tertiary/aromatic N) is 6. The molecule has 2 heterocycles. The monoisotopic (exact) mass is 232 g/mol. The van der Waals surface area contributed by atoms with Gasteiger partial charge < -0.3 is 4.84 Å². The summed E-state index contributed by atoms with van der Waals surface area (Å²) in [6.07, 6.45) is 0. The first-order chi connectivity index (χ1) is 8.22. The fraction of sp³-hybridized carbons (Fsp3) is 0.300. The molecule has 0 aromatic carbocycles. The Hall–Kier alpha value is -2.31. The zero-order valence-corrected chi connectivity index (χ0v) is 9.82. The molecule has 2 aromatic rings. The summed E-state index contributed by atoms with van der Waals surface area (Å²) < 4.78 is 1.48. The predicted octanol–water partition coefficient (Wildman–Crippen LogP) is 0.541. The van der Waals surface area contributed by atoms with E-state index in [0.29, 0.717) is 17.4 Å². The van der Waals surface area contributed by atoms with Crippen molar-refractivity contribution in [1.82, 2.24) is 25.2 Å². The van der Waals surface area contributed by atoms with E-state index in [1.807, 2.05) is 25.1 Å². The molecule has 7 nitrogen and oxygen atoms in total. The Kier molecular flexibility index (Phi) is 3.08. The molecule has 0 aliphatic heterocycles. The number of aryl methyl sites for hydroxylation is 2. The number of rotatable bonds is 2. The van der Waals surface area contributed by atoms with Crippen molar-refractivity contribution in [3.05, 3.63) is 35.4 Å². The van der Waals surface area contributed by atoms with Gasteiger partial charge in [0.05, 0.1) is 0 Å². The highest BCUT2D eigenvalue weighted by Crippen LogP contribution is 2.03. The van der Waals surface area contributed by atoms with Gasteiger partial charge in [-0.3, -0.25) is 0 Å². The molecule has 88 valence electrons. The van der Waals surface area contributed by atoms with Gasteiger partial charge in [0, 0.05) is 5.69 Å². The van der Waals surface area contributed by atoms with Crippen LogP contribution in [0, 0.1) is 13.8 Å². The lowest BCUT2D eigenvalue weighted by molar-refractivity contribution is 0.211. The molecule has 0 saturated carbocycles. The molecule has 0 aliphatic rings. The third-order valence-electron chi connectivity index (χ3n) is 2.12. The summed E-state index contributed by atoms with van der Waals surface area (Å²) in [7, 11) is 1.47. The lowest BCUT2D eigenvalue weighted by Crippen LogP contribution is -2.19. The quantitative estimate of drug-likeness (QED) is 0.429. The number of pyridine rings is 1. The predicted molar refractivity (Wildman–Crippen MR) is 60.5 cm³/mol. The molecule has 0 fully saturated rings. The second-order valence-corrected chi connectivity index (χ2v) is 3.40. The van der Waals surface area contributed by atoms with Gasteiger partial charge in [-0.05, 0) is 36.4 Å². The zero-order chi connectivity index (χ0) is 12.3. The van der Waals surface area contributed by atoms with Crippen LogP contribution in [0.15, 0.2) is 23.4 Å². The Morgan fingerprint density at radius 2 is 2.18 bits per heavy atom. The smallest absolute Gasteiger partial charge is 0.221 e. The molecule has 0 aliphatic carbocycles. The van der Waals surface area contributed by atoms with Crippen LogP contribution in [-0.2, 0) is 4.84 Å². The summed E-state index contributed by atoms with van der Waals surface area (Å²) >= 11 is 0. The largest absolute Gasteiger partial charge is 0.397 e. The van der Waals surface area contributed by atoms with Gasteiger partial charge in [-0.25, -0.2) is 4.98 Å². The molecular weight excluding hydrogens is 220 g/mol. The van der Waals surface area contributed by atoms with Crippen LogP contribution < -0.4 is 0 Å². The van der Waals surface area contributed by atoms with Crippen LogP contribution in [0.25, 0.3) is 0 Å². The molecule has 0 saturated heterocycles. The van der Waals surface area contributed by atoms with E-state index < -0.39 is 0 Å². The van der Waals surface area contributed by atoms with E-state index in [9.17, 15) is 0 Å². The van der Waals surface area contributed by atoms with Crippen molar-refractivity contribution in [2.45, 2.75) is 13.8 Å². The lowest BCUT2D eigenvalue weighted by Gasteiger charge is -2.05. The maximum absolute atomic E-state index is 4.81. The van der Waals surface area contributed by atoms with Crippen LogP contribution in [-0.4, -0.2) is 38.1 Å². The van der Waals surface area contributed by atoms with Crippen LogP contribution in [0.1, 0.15) is 17.2 Å². The highest BCUT2D eigenvalue weighted by molar-refractivity contribution is 5.97. The Morgan fingerprint density at radius 1 is 1.35 bits per heavy atom. The van der Waals surface area contributed by atoms with Crippen molar-refractivity contribution < 1.29 is 4.84 Å². The fourth-order valence-corrected chi connectivity index (χ4v) is 1.38. The highest BCUT2D eigenvalue weighted by Gasteiger charge is 2.13. The molecule has 7 heteroatoms. The average molecular weight is 232 g/mol. The van der Waals surface area contributed by atoms with Gasteiger partial charge in [0.2, 0.25) is 5.84 Å². The Balaban J connectivity index is 2.51. The fourth-order valence-electron chi connectivity index (χ4n) is 1.38. The van der Waals surface area contributed by atoms with E-state index in [2.05, 4.69) is 25.7 Å². The number of aromatic nitrogens is 5. The van der Waals surface area contributed by atoms with Crippen LogP contribution in [0.2, 0.25) is 0 Å². The third kappa shape index (κ3) is 2.27.